The van der Waals surface area contributed by atoms with Gasteiger partial charge in [0.2, 0.25) is 0 Å². The van der Waals surface area contributed by atoms with Gasteiger partial charge in [0.15, 0.2) is 0 Å². The average Bonchev–Trinajstić information content (AvgIpc) is 2.16. The molecule has 0 heterocycles. The van der Waals surface area contributed by atoms with Crippen LogP contribution in [0.15, 0.2) is 0 Å². The molecule has 3 nitrogen and oxygen atoms in total. The summed E-state index contributed by atoms with van der Waals surface area (Å²) in [7, 11) is 0. The molecule has 0 bridgehead atoms. The molecule has 0 saturated carbocycles. The van der Waals surface area contributed by atoms with Gasteiger partial charge in [0.25, 0.3) is 6.43 Å². The fourth-order valence-electron chi connectivity index (χ4n) is 0.904. The summed E-state index contributed by atoms with van der Waals surface area (Å²) in [6.07, 6.45) is -1.04. The van der Waals surface area contributed by atoms with Gasteiger partial charge < -0.3 is 10.1 Å². The Morgan fingerprint density at radius 1 is 1.50 bits per heavy atom. The van der Waals surface area contributed by atoms with Crippen LogP contribution >= 0.6 is 0 Å². The third kappa shape index (κ3) is 7.90. The fraction of sp³-hybridized carbons (Fsp3) is 0.889. The van der Waals surface area contributed by atoms with Crippen LogP contribution in [0, 0.1) is 11.3 Å². The van der Waals surface area contributed by atoms with Gasteiger partial charge in [-0.3, -0.25) is 0 Å². The summed E-state index contributed by atoms with van der Waals surface area (Å²) in [5.74, 6) is 0. The SMILES string of the molecule is CCCNC(C#N)CCOCC(F)F. The first-order valence-electron chi connectivity index (χ1n) is 4.69. The van der Waals surface area contributed by atoms with E-state index in [1.807, 2.05) is 13.0 Å². The predicted molar refractivity (Wildman–Crippen MR) is 49.1 cm³/mol. The van der Waals surface area contributed by atoms with Gasteiger partial charge in [-0.25, -0.2) is 8.78 Å². The van der Waals surface area contributed by atoms with Gasteiger partial charge in [-0.2, -0.15) is 5.26 Å². The topological polar surface area (TPSA) is 45.0 Å². The second kappa shape index (κ2) is 8.85. The Bertz CT molecular complexity index is 171. The highest BCUT2D eigenvalue weighted by molar-refractivity contribution is 4.89. The van der Waals surface area contributed by atoms with Crippen molar-refractivity contribution in [2.24, 2.45) is 0 Å². The summed E-state index contributed by atoms with van der Waals surface area (Å²) in [6, 6.07) is 1.75. The Hall–Kier alpha value is -0.730. The summed E-state index contributed by atoms with van der Waals surface area (Å²) in [5, 5.41) is 11.6. The molecule has 0 radical (unpaired) electrons. The quantitative estimate of drug-likeness (QED) is 0.613. The molecule has 5 heteroatoms. The molecule has 0 aromatic heterocycles. The van der Waals surface area contributed by atoms with E-state index in [1.54, 1.807) is 0 Å². The predicted octanol–water partition coefficient (Wildman–Crippen LogP) is 1.55. The number of hydrogen-bond acceptors (Lipinski definition) is 3. The first kappa shape index (κ1) is 13.3. The van der Waals surface area contributed by atoms with Gasteiger partial charge in [0.1, 0.15) is 6.61 Å². The molecule has 1 atom stereocenters. The van der Waals surface area contributed by atoms with Crippen LogP contribution in [0.3, 0.4) is 0 Å². The van der Waals surface area contributed by atoms with Crippen molar-refractivity contribution in [3.05, 3.63) is 0 Å². The van der Waals surface area contributed by atoms with Gasteiger partial charge in [-0.15, -0.1) is 0 Å². The minimum absolute atomic E-state index is 0.194. The largest absolute Gasteiger partial charge is 0.375 e. The van der Waals surface area contributed by atoms with Gasteiger partial charge in [0, 0.05) is 6.61 Å². The Labute approximate surface area is 83.0 Å². The van der Waals surface area contributed by atoms with Crippen LogP contribution in [0.4, 0.5) is 8.78 Å². The molecule has 0 aromatic rings. The normalized spacial score (nSPS) is 12.8. The maximum Gasteiger partial charge on any atom is 0.261 e. The third-order valence-corrected chi connectivity index (χ3v) is 1.59. The first-order valence-corrected chi connectivity index (χ1v) is 4.69. The number of alkyl halides is 2. The van der Waals surface area contributed by atoms with E-state index >= 15 is 0 Å². The molecule has 0 aliphatic rings. The van der Waals surface area contributed by atoms with Crippen molar-refractivity contribution in [1.82, 2.24) is 5.32 Å². The van der Waals surface area contributed by atoms with Crippen molar-refractivity contribution in [3.63, 3.8) is 0 Å². The highest BCUT2D eigenvalue weighted by Crippen LogP contribution is 1.96. The maximum atomic E-state index is 11.6. The van der Waals surface area contributed by atoms with Crippen LogP contribution in [0.2, 0.25) is 0 Å². The molecule has 0 fully saturated rings. The van der Waals surface area contributed by atoms with E-state index in [0.717, 1.165) is 13.0 Å². The minimum Gasteiger partial charge on any atom is -0.375 e. The lowest BCUT2D eigenvalue weighted by atomic mass is 10.2. The van der Waals surface area contributed by atoms with Crippen LogP contribution in [-0.4, -0.2) is 32.2 Å². The van der Waals surface area contributed by atoms with Crippen LogP contribution in [0.25, 0.3) is 0 Å². The van der Waals surface area contributed by atoms with Crippen molar-refractivity contribution in [2.75, 3.05) is 19.8 Å². The number of ether oxygens (including phenoxy) is 1. The van der Waals surface area contributed by atoms with Crippen molar-refractivity contribution >= 4 is 0 Å². The van der Waals surface area contributed by atoms with E-state index in [4.69, 9.17) is 5.26 Å². The third-order valence-electron chi connectivity index (χ3n) is 1.59. The Balaban J connectivity index is 3.39. The number of hydrogen-bond donors (Lipinski definition) is 1. The van der Waals surface area contributed by atoms with Crippen molar-refractivity contribution < 1.29 is 13.5 Å². The average molecular weight is 206 g/mol. The van der Waals surface area contributed by atoms with Crippen LogP contribution < -0.4 is 5.32 Å². The molecule has 0 aliphatic heterocycles. The highest BCUT2D eigenvalue weighted by Gasteiger charge is 2.06. The number of nitrogens with zero attached hydrogens (tertiary/aromatic N) is 1. The zero-order valence-electron chi connectivity index (χ0n) is 8.30. The Morgan fingerprint density at radius 2 is 2.21 bits per heavy atom. The molecule has 1 N–H and O–H groups in total. The van der Waals surface area contributed by atoms with E-state index < -0.39 is 13.0 Å². The molecular weight excluding hydrogens is 190 g/mol. The molecule has 14 heavy (non-hydrogen) atoms. The number of rotatable bonds is 8. The summed E-state index contributed by atoms with van der Waals surface area (Å²) in [5.41, 5.74) is 0. The summed E-state index contributed by atoms with van der Waals surface area (Å²) >= 11 is 0. The van der Waals surface area contributed by atoms with Crippen molar-refractivity contribution in [1.29, 1.82) is 5.26 Å². The highest BCUT2D eigenvalue weighted by atomic mass is 19.3. The minimum atomic E-state index is -2.43. The van der Waals surface area contributed by atoms with E-state index in [0.29, 0.717) is 6.42 Å². The van der Waals surface area contributed by atoms with E-state index in [-0.39, 0.29) is 12.6 Å². The molecule has 1 unspecified atom stereocenters. The van der Waals surface area contributed by atoms with Crippen LogP contribution in [0.5, 0.6) is 0 Å². The molecular formula is C9H16F2N2O. The lowest BCUT2D eigenvalue weighted by Gasteiger charge is -2.10. The van der Waals surface area contributed by atoms with Crippen molar-refractivity contribution in [2.45, 2.75) is 32.2 Å². The second-order valence-electron chi connectivity index (χ2n) is 2.89. The number of nitrogens with one attached hydrogen (secondary N) is 1. The number of halogens is 2. The van der Waals surface area contributed by atoms with E-state index in [1.165, 1.54) is 0 Å². The summed E-state index contributed by atoms with van der Waals surface area (Å²) in [6.45, 7) is 2.40. The van der Waals surface area contributed by atoms with Crippen molar-refractivity contribution in [3.8, 4) is 6.07 Å². The zero-order valence-corrected chi connectivity index (χ0v) is 8.30. The Morgan fingerprint density at radius 3 is 2.71 bits per heavy atom. The Kier molecular flexibility index (Phi) is 8.39. The lowest BCUT2D eigenvalue weighted by Crippen LogP contribution is -2.29. The van der Waals surface area contributed by atoms with Gasteiger partial charge in [0.05, 0.1) is 12.1 Å². The van der Waals surface area contributed by atoms with Gasteiger partial charge >= 0.3 is 0 Å². The van der Waals surface area contributed by atoms with E-state index in [9.17, 15) is 8.78 Å². The molecule has 0 amide bonds. The molecule has 0 aliphatic carbocycles. The van der Waals surface area contributed by atoms with E-state index in [2.05, 4.69) is 10.1 Å². The van der Waals surface area contributed by atoms with Gasteiger partial charge in [-0.05, 0) is 19.4 Å². The number of nitriles is 1. The zero-order chi connectivity index (χ0) is 10.8. The first-order chi connectivity index (χ1) is 6.70. The van der Waals surface area contributed by atoms with Gasteiger partial charge in [-0.1, -0.05) is 6.92 Å². The second-order valence-corrected chi connectivity index (χ2v) is 2.89. The maximum absolute atomic E-state index is 11.6. The fourth-order valence-corrected chi connectivity index (χ4v) is 0.904. The molecule has 0 saturated heterocycles. The summed E-state index contributed by atoms with van der Waals surface area (Å²) in [4.78, 5) is 0. The lowest BCUT2D eigenvalue weighted by molar-refractivity contribution is 0.0156. The molecule has 0 spiro atoms. The molecule has 0 aromatic carbocycles. The monoisotopic (exact) mass is 206 g/mol. The molecule has 82 valence electrons. The van der Waals surface area contributed by atoms with Crippen LogP contribution in [0.1, 0.15) is 19.8 Å². The standard InChI is InChI=1S/C9H16F2N2O/c1-2-4-13-8(6-12)3-5-14-7-9(10)11/h8-9,13H,2-5,7H2,1H3. The van der Waals surface area contributed by atoms with Crippen LogP contribution in [-0.2, 0) is 4.74 Å². The summed E-state index contributed by atoms with van der Waals surface area (Å²) < 4.78 is 27.9. The smallest absolute Gasteiger partial charge is 0.261 e. The molecule has 0 rings (SSSR count).